The number of aliphatic hydroxyl groups is 1. The predicted molar refractivity (Wildman–Crippen MR) is 166 cm³/mol. The largest absolute Gasteiger partial charge is 0.489 e. The Morgan fingerprint density at radius 3 is 2.51 bits per heavy atom. The minimum Gasteiger partial charge on any atom is -0.489 e. The fourth-order valence-electron chi connectivity index (χ4n) is 8.60. The van der Waals surface area contributed by atoms with Gasteiger partial charge in [0.25, 0.3) is 0 Å². The molecule has 0 radical (unpaired) electrons. The number of aromatic amines is 1. The minimum atomic E-state index is -1.82. The molecule has 4 atom stereocenters. The highest BCUT2D eigenvalue weighted by molar-refractivity contribution is 6.27. The van der Waals surface area contributed by atoms with E-state index < -0.39 is 23.0 Å². The number of carboxylic acid groups (broad SMARTS) is 2. The number of nitrogens with zero attached hydrogens (tertiary/aromatic N) is 1. The zero-order valence-electron chi connectivity index (χ0n) is 24.9. The number of aliphatic carboxylic acids is 2. The van der Waals surface area contributed by atoms with Crippen molar-refractivity contribution in [1.29, 1.82) is 0 Å². The highest BCUT2D eigenvalue weighted by Crippen LogP contribution is 2.69. The number of rotatable bonds is 6. The molecule has 4 aromatic rings. The van der Waals surface area contributed by atoms with Crippen LogP contribution in [0.3, 0.4) is 0 Å². The first-order chi connectivity index (χ1) is 21.8. The molecule has 2 aliphatic heterocycles. The second-order valence-corrected chi connectivity index (χ2v) is 13.2. The van der Waals surface area contributed by atoms with Gasteiger partial charge in [0.2, 0.25) is 0 Å². The van der Waals surface area contributed by atoms with Crippen molar-refractivity contribution in [2.75, 3.05) is 19.7 Å². The number of hydrogen-bond donors (Lipinski definition) is 4. The van der Waals surface area contributed by atoms with Crippen molar-refractivity contribution in [2.24, 2.45) is 5.92 Å². The highest BCUT2D eigenvalue weighted by atomic mass is 16.5. The number of para-hydroxylation sites is 1. The van der Waals surface area contributed by atoms with Gasteiger partial charge in [0.05, 0.1) is 23.3 Å². The lowest BCUT2D eigenvalue weighted by Gasteiger charge is -2.62. The number of hydrogen-bond acceptors (Lipinski definition) is 6. The van der Waals surface area contributed by atoms with Gasteiger partial charge >= 0.3 is 11.9 Å². The van der Waals surface area contributed by atoms with E-state index in [0.717, 1.165) is 61.0 Å². The predicted octanol–water partition coefficient (Wildman–Crippen LogP) is 4.64. The third-order valence-electron chi connectivity index (χ3n) is 10.7. The van der Waals surface area contributed by atoms with Gasteiger partial charge in [0.1, 0.15) is 0 Å². The number of fused-ring (bicyclic) bond motifs is 4. The lowest BCUT2D eigenvalue weighted by atomic mass is 9.49. The van der Waals surface area contributed by atoms with Crippen molar-refractivity contribution in [3.05, 3.63) is 94.7 Å². The molecule has 1 saturated heterocycles. The standard InChI is InChI=1S/C34H34N2O3.C2H2O4/c37-34-19-25-24-8-4-5-9-26(24)35-30(25)32-33(34)15-16-36(20-22-10-11-22)28(34)18-23-12-13-27(31(39-32)29(23)33)38-17-14-21-6-2-1-3-7-21;3-1(4)2(5)6/h1-9,12-13,22,28,32,35,37H,10-11,14-20H2;(H,3,4)(H,5,6)/t28-,32?,33+,34-;/m1./s1. The average Bonchev–Trinajstić information content (AvgIpc) is 3.68. The van der Waals surface area contributed by atoms with Crippen molar-refractivity contribution in [3.8, 4) is 11.5 Å². The number of ether oxygens (including phenoxy) is 2. The van der Waals surface area contributed by atoms with Gasteiger partial charge < -0.3 is 29.8 Å². The van der Waals surface area contributed by atoms with E-state index in [2.05, 4.69) is 70.5 Å². The van der Waals surface area contributed by atoms with Gasteiger partial charge in [-0.3, -0.25) is 4.90 Å². The molecule has 9 nitrogen and oxygen atoms in total. The molecule has 3 heterocycles. The summed E-state index contributed by atoms with van der Waals surface area (Å²) in [4.78, 5) is 24.6. The van der Waals surface area contributed by atoms with Crippen molar-refractivity contribution < 1.29 is 34.4 Å². The maximum absolute atomic E-state index is 13.1. The van der Waals surface area contributed by atoms with Gasteiger partial charge in [-0.15, -0.1) is 0 Å². The average molecular weight is 609 g/mol. The van der Waals surface area contributed by atoms with Crippen molar-refractivity contribution in [2.45, 2.75) is 61.7 Å². The number of benzene rings is 3. The number of likely N-dealkylation sites (tertiary alicyclic amines) is 1. The van der Waals surface area contributed by atoms with Gasteiger partial charge in [0.15, 0.2) is 17.6 Å². The van der Waals surface area contributed by atoms with Crippen LogP contribution >= 0.6 is 0 Å². The van der Waals surface area contributed by atoms with E-state index in [0.29, 0.717) is 13.0 Å². The van der Waals surface area contributed by atoms with Crippen LogP contribution in [0.2, 0.25) is 0 Å². The van der Waals surface area contributed by atoms with Crippen LogP contribution in [0.5, 0.6) is 11.5 Å². The summed E-state index contributed by atoms with van der Waals surface area (Å²) < 4.78 is 13.5. The molecule has 1 aromatic heterocycles. The molecule has 9 heteroatoms. The Labute approximate surface area is 260 Å². The fraction of sp³-hybridized carbons (Fsp3) is 0.389. The Kier molecular flexibility index (Phi) is 6.48. The molecule has 4 N–H and O–H groups in total. The fourth-order valence-corrected chi connectivity index (χ4v) is 8.60. The lowest BCUT2D eigenvalue weighted by molar-refractivity contribution is -0.173. The summed E-state index contributed by atoms with van der Waals surface area (Å²) in [6.07, 6.45) is 5.70. The number of carboxylic acids is 2. The van der Waals surface area contributed by atoms with E-state index in [-0.39, 0.29) is 12.1 Å². The third-order valence-corrected chi connectivity index (χ3v) is 10.7. The van der Waals surface area contributed by atoms with Crippen molar-refractivity contribution in [3.63, 3.8) is 0 Å². The summed E-state index contributed by atoms with van der Waals surface area (Å²) >= 11 is 0. The Bertz CT molecular complexity index is 1800. The zero-order valence-corrected chi connectivity index (χ0v) is 24.9. The van der Waals surface area contributed by atoms with Crippen LogP contribution in [0.15, 0.2) is 66.7 Å². The molecule has 1 saturated carbocycles. The summed E-state index contributed by atoms with van der Waals surface area (Å²) in [5, 5.41) is 29.1. The first kappa shape index (κ1) is 28.2. The molecule has 1 spiro atoms. The molecule has 232 valence electrons. The van der Waals surface area contributed by atoms with Crippen LogP contribution in [0.1, 0.15) is 53.3 Å². The maximum atomic E-state index is 13.1. The monoisotopic (exact) mass is 608 g/mol. The second kappa shape index (κ2) is 10.4. The minimum absolute atomic E-state index is 0.100. The summed E-state index contributed by atoms with van der Waals surface area (Å²) in [6.45, 7) is 2.71. The van der Waals surface area contributed by atoms with E-state index >= 15 is 0 Å². The first-order valence-electron chi connectivity index (χ1n) is 15.8. The molecule has 45 heavy (non-hydrogen) atoms. The zero-order chi connectivity index (χ0) is 30.9. The van der Waals surface area contributed by atoms with Crippen LogP contribution in [-0.2, 0) is 34.3 Å². The summed E-state index contributed by atoms with van der Waals surface area (Å²) in [7, 11) is 0. The maximum Gasteiger partial charge on any atom is 0.414 e. The van der Waals surface area contributed by atoms with Crippen LogP contribution in [0.25, 0.3) is 10.9 Å². The number of carbonyl (C=O) groups is 2. The van der Waals surface area contributed by atoms with E-state index in [1.807, 2.05) is 6.07 Å². The van der Waals surface area contributed by atoms with E-state index in [1.165, 1.54) is 40.5 Å². The Morgan fingerprint density at radius 1 is 1.00 bits per heavy atom. The van der Waals surface area contributed by atoms with Crippen molar-refractivity contribution in [1.82, 2.24) is 9.88 Å². The SMILES string of the molecule is O=C(O)C(=O)O.O[C@@]12Cc3c([nH]c4ccccc34)C3Oc4c(OCCc5ccccc5)ccc5c4[C@@]31CCN(CC1CC1)[C@@H]2C5. The number of piperidine rings is 1. The molecule has 2 bridgehead atoms. The van der Waals surface area contributed by atoms with Crippen LogP contribution in [-0.4, -0.2) is 68.5 Å². The summed E-state index contributed by atoms with van der Waals surface area (Å²) in [5.74, 6) is -1.18. The van der Waals surface area contributed by atoms with Crippen molar-refractivity contribution >= 4 is 22.8 Å². The Hall–Kier alpha value is -4.34. The topological polar surface area (TPSA) is 132 Å². The molecular weight excluding hydrogens is 572 g/mol. The lowest BCUT2D eigenvalue weighted by Crippen LogP contribution is -2.74. The van der Waals surface area contributed by atoms with Gasteiger partial charge in [-0.25, -0.2) is 9.59 Å². The Morgan fingerprint density at radius 2 is 1.76 bits per heavy atom. The van der Waals surface area contributed by atoms with Gasteiger partial charge in [0, 0.05) is 41.9 Å². The van der Waals surface area contributed by atoms with E-state index in [4.69, 9.17) is 29.3 Å². The molecule has 3 aromatic carbocycles. The van der Waals surface area contributed by atoms with Crippen LogP contribution in [0.4, 0.5) is 0 Å². The van der Waals surface area contributed by atoms with Crippen LogP contribution < -0.4 is 9.47 Å². The van der Waals surface area contributed by atoms with E-state index in [1.54, 1.807) is 0 Å². The van der Waals surface area contributed by atoms with Crippen LogP contribution in [0, 0.1) is 5.92 Å². The summed E-state index contributed by atoms with van der Waals surface area (Å²) in [6, 6.07) is 23.5. The second-order valence-electron chi connectivity index (χ2n) is 13.2. The number of aromatic nitrogens is 1. The molecular formula is C36H36N2O7. The smallest absolute Gasteiger partial charge is 0.414 e. The summed E-state index contributed by atoms with van der Waals surface area (Å²) in [5.41, 5.74) is 5.98. The number of nitrogens with one attached hydrogen (secondary N) is 1. The van der Waals surface area contributed by atoms with E-state index in [9.17, 15) is 5.11 Å². The normalized spacial score (nSPS) is 27.0. The molecule has 0 amide bonds. The highest BCUT2D eigenvalue weighted by Gasteiger charge is 2.72. The van der Waals surface area contributed by atoms with Gasteiger partial charge in [-0.2, -0.15) is 0 Å². The van der Waals surface area contributed by atoms with Gasteiger partial charge in [-0.05, 0) is 67.0 Å². The Balaban J connectivity index is 0.000000460. The molecule has 2 fully saturated rings. The quantitative estimate of drug-likeness (QED) is 0.233. The molecule has 3 aliphatic carbocycles. The molecule has 9 rings (SSSR count). The first-order valence-corrected chi connectivity index (χ1v) is 15.8. The number of H-pyrrole nitrogens is 1. The molecule has 1 unspecified atom stereocenters. The molecule has 5 aliphatic rings. The van der Waals surface area contributed by atoms with Gasteiger partial charge in [-0.1, -0.05) is 54.6 Å². The third kappa shape index (κ3) is 4.28.